The first kappa shape index (κ1) is 56.6. The zero-order chi connectivity index (χ0) is 44.1. The molecule has 1 aliphatic heterocycles. The first-order valence-corrected chi connectivity index (χ1v) is 25.6. The van der Waals surface area contributed by atoms with Crippen LogP contribution in [0.25, 0.3) is 0 Å². The summed E-state index contributed by atoms with van der Waals surface area (Å²) < 4.78 is 47.6. The Labute approximate surface area is 365 Å². The summed E-state index contributed by atoms with van der Waals surface area (Å²) in [6, 6.07) is -0.945. The van der Waals surface area contributed by atoms with Crippen LogP contribution < -0.4 is 5.32 Å². The molecule has 1 heterocycles. The van der Waals surface area contributed by atoms with Gasteiger partial charge in [-0.1, -0.05) is 192 Å². The Morgan fingerprint density at radius 3 is 1.55 bits per heavy atom. The highest BCUT2D eigenvalue weighted by Crippen LogP contribution is 2.26. The van der Waals surface area contributed by atoms with E-state index in [-0.39, 0.29) is 18.9 Å². The van der Waals surface area contributed by atoms with E-state index in [1.165, 1.54) is 128 Å². The van der Waals surface area contributed by atoms with Gasteiger partial charge >= 0.3 is 10.4 Å². The zero-order valence-electron chi connectivity index (χ0n) is 37.8. The van der Waals surface area contributed by atoms with E-state index in [0.717, 1.165) is 57.8 Å². The van der Waals surface area contributed by atoms with Crippen LogP contribution in [-0.4, -0.2) is 95.4 Å². The van der Waals surface area contributed by atoms with Gasteiger partial charge in [0.15, 0.2) is 6.29 Å². The van der Waals surface area contributed by atoms with Crippen LogP contribution in [0.5, 0.6) is 0 Å². The molecule has 0 aromatic carbocycles. The molecule has 0 aliphatic carbocycles. The second-order valence-corrected chi connectivity index (χ2v) is 18.1. The van der Waals surface area contributed by atoms with Crippen LogP contribution in [0.3, 0.4) is 0 Å². The number of allylic oxidation sites excluding steroid dienone is 3. The van der Waals surface area contributed by atoms with Gasteiger partial charge in [-0.25, -0.2) is 4.18 Å². The summed E-state index contributed by atoms with van der Waals surface area (Å²) in [5.74, 6) is -0.273. The van der Waals surface area contributed by atoms with Crippen molar-refractivity contribution in [3.05, 3.63) is 24.3 Å². The minimum Gasteiger partial charge on any atom is -0.394 e. The Hall–Kier alpha value is -1.42. The first-order valence-electron chi connectivity index (χ1n) is 24.2. The molecular formula is C47H89NO11S. The maximum Gasteiger partial charge on any atom is 0.397 e. The third kappa shape index (κ3) is 30.6. The van der Waals surface area contributed by atoms with Gasteiger partial charge in [0.25, 0.3) is 0 Å². The van der Waals surface area contributed by atoms with E-state index in [1.807, 2.05) is 6.08 Å². The number of nitrogens with one attached hydrogen (secondary N) is 1. The van der Waals surface area contributed by atoms with Crippen LogP contribution in [0.4, 0.5) is 0 Å². The van der Waals surface area contributed by atoms with Crippen LogP contribution in [0.2, 0.25) is 0 Å². The average Bonchev–Trinajstić information content (AvgIpc) is 3.22. The Kier molecular flexibility index (Phi) is 35.9. The van der Waals surface area contributed by atoms with Gasteiger partial charge in [-0.2, -0.15) is 8.42 Å². The Morgan fingerprint density at radius 2 is 1.08 bits per heavy atom. The van der Waals surface area contributed by atoms with Gasteiger partial charge in [0.2, 0.25) is 5.91 Å². The van der Waals surface area contributed by atoms with Crippen LogP contribution in [0, 0.1) is 0 Å². The lowest BCUT2D eigenvalue weighted by Crippen LogP contribution is -2.61. The number of amides is 1. The second-order valence-electron chi connectivity index (χ2n) is 17.0. The predicted octanol–water partition coefficient (Wildman–Crippen LogP) is 9.72. The Bertz CT molecular complexity index is 1170. The van der Waals surface area contributed by atoms with Crippen LogP contribution >= 0.6 is 0 Å². The number of ether oxygens (including phenoxy) is 2. The summed E-state index contributed by atoms with van der Waals surface area (Å²) in [5.41, 5.74) is 0. The topological polar surface area (TPSA) is 192 Å². The number of hydrogen-bond donors (Lipinski definition) is 6. The van der Waals surface area contributed by atoms with Gasteiger partial charge in [-0.05, 0) is 38.5 Å². The molecule has 12 nitrogen and oxygen atoms in total. The first-order chi connectivity index (χ1) is 29.0. The number of hydrogen-bond acceptors (Lipinski definition) is 10. The summed E-state index contributed by atoms with van der Waals surface area (Å²) in [5, 5.41) is 44.7. The van der Waals surface area contributed by atoms with E-state index in [1.54, 1.807) is 6.08 Å². The smallest absolute Gasteiger partial charge is 0.394 e. The lowest BCUT2D eigenvalue weighted by atomic mass is 9.99. The van der Waals surface area contributed by atoms with Gasteiger partial charge in [-0.15, -0.1) is 0 Å². The van der Waals surface area contributed by atoms with Gasteiger partial charge in [0.1, 0.15) is 24.4 Å². The molecule has 1 rings (SSSR count). The van der Waals surface area contributed by atoms with Crippen molar-refractivity contribution in [2.24, 2.45) is 0 Å². The predicted molar refractivity (Wildman–Crippen MR) is 241 cm³/mol. The van der Waals surface area contributed by atoms with Gasteiger partial charge < -0.3 is 35.2 Å². The largest absolute Gasteiger partial charge is 0.397 e. The third-order valence-corrected chi connectivity index (χ3v) is 11.9. The quantitative estimate of drug-likeness (QED) is 0.0195. The third-order valence-electron chi connectivity index (χ3n) is 11.5. The molecule has 0 aromatic heterocycles. The molecule has 1 fully saturated rings. The molecule has 6 N–H and O–H groups in total. The maximum atomic E-state index is 13.0. The van der Waals surface area contributed by atoms with E-state index in [9.17, 15) is 38.2 Å². The fourth-order valence-corrected chi connectivity index (χ4v) is 8.18. The summed E-state index contributed by atoms with van der Waals surface area (Å²) in [7, 11) is -5.08. The van der Waals surface area contributed by atoms with Crippen LogP contribution in [0.15, 0.2) is 24.3 Å². The number of aliphatic hydroxyl groups excluding tert-OH is 4. The molecule has 7 unspecified atom stereocenters. The molecule has 0 aromatic rings. The van der Waals surface area contributed by atoms with Gasteiger partial charge in [0, 0.05) is 6.42 Å². The van der Waals surface area contributed by atoms with Gasteiger partial charge in [0.05, 0.1) is 25.4 Å². The number of rotatable bonds is 41. The molecule has 1 amide bonds. The summed E-state index contributed by atoms with van der Waals surface area (Å²) in [6.07, 6.45) is 35.1. The van der Waals surface area contributed by atoms with Crippen molar-refractivity contribution in [2.75, 3.05) is 13.2 Å². The molecule has 0 spiro atoms. The summed E-state index contributed by atoms with van der Waals surface area (Å²) in [6.45, 7) is 3.34. The molecule has 0 radical (unpaired) electrons. The fourth-order valence-electron chi connectivity index (χ4n) is 7.67. The normalized spacial score (nSPS) is 20.9. The Morgan fingerprint density at radius 1 is 0.650 bits per heavy atom. The summed E-state index contributed by atoms with van der Waals surface area (Å²) in [4.78, 5) is 13.0. The van der Waals surface area contributed by atoms with E-state index < -0.39 is 59.9 Å². The van der Waals surface area contributed by atoms with Crippen molar-refractivity contribution in [3.63, 3.8) is 0 Å². The minimum absolute atomic E-state index is 0.259. The molecule has 1 saturated heterocycles. The molecule has 354 valence electrons. The van der Waals surface area contributed by atoms with Crippen molar-refractivity contribution in [1.82, 2.24) is 5.32 Å². The van der Waals surface area contributed by atoms with Crippen LogP contribution in [-0.2, 0) is 28.9 Å². The zero-order valence-corrected chi connectivity index (χ0v) is 38.6. The highest BCUT2D eigenvalue weighted by atomic mass is 32.3. The summed E-state index contributed by atoms with van der Waals surface area (Å²) >= 11 is 0. The second kappa shape index (κ2) is 38.1. The molecule has 13 heteroatoms. The van der Waals surface area contributed by atoms with E-state index in [0.29, 0.717) is 6.42 Å². The average molecular weight is 876 g/mol. The van der Waals surface area contributed by atoms with E-state index in [2.05, 4.69) is 35.5 Å². The molecule has 7 atom stereocenters. The fraction of sp³-hybridized carbons (Fsp3) is 0.894. The maximum absolute atomic E-state index is 13.0. The standard InChI is InChI=1S/C47H89NO11S/c1-3-5-7-9-11-13-15-16-17-18-19-20-21-22-23-24-25-27-28-30-32-34-36-41(50)40(48-43(51)37-35-33-31-29-26-14-12-10-8-6-4-2)39-57-47-45(53)46(59-60(54,55)56)44(52)42(38-49)58-47/h10,12,34,36,40-42,44-47,49-50,52-53H,3-9,11,13-33,35,37-39H2,1-2H3,(H,48,51)(H,54,55,56)/b12-10-,36-34+. The highest BCUT2D eigenvalue weighted by Gasteiger charge is 2.48. The van der Waals surface area contributed by atoms with E-state index >= 15 is 0 Å². The molecule has 0 saturated carbocycles. The van der Waals surface area contributed by atoms with Crippen molar-refractivity contribution >= 4 is 16.3 Å². The Balaban J connectivity index is 2.45. The van der Waals surface area contributed by atoms with Gasteiger partial charge in [-0.3, -0.25) is 9.35 Å². The molecule has 1 aliphatic rings. The number of carbonyl (C=O) groups excluding carboxylic acids is 1. The monoisotopic (exact) mass is 876 g/mol. The number of unbranched alkanes of at least 4 members (excludes halogenated alkanes) is 27. The number of carbonyl (C=O) groups is 1. The molecular weight excluding hydrogens is 787 g/mol. The lowest BCUT2D eigenvalue weighted by Gasteiger charge is -2.41. The van der Waals surface area contributed by atoms with Crippen LogP contribution in [0.1, 0.15) is 213 Å². The number of aliphatic hydroxyl groups is 4. The lowest BCUT2D eigenvalue weighted by molar-refractivity contribution is -0.298. The minimum atomic E-state index is -5.08. The van der Waals surface area contributed by atoms with Crippen molar-refractivity contribution in [1.29, 1.82) is 0 Å². The van der Waals surface area contributed by atoms with E-state index in [4.69, 9.17) is 9.47 Å². The molecule has 0 bridgehead atoms. The SMILES string of the molecule is CCCC/C=C\CCCCCCCC(=O)NC(COC1OC(CO)C(O)C(OS(=O)(=O)O)C1O)C(O)/C=C/CCCCCCCCCCCCCCCCCCCCCC. The van der Waals surface area contributed by atoms with Crippen molar-refractivity contribution in [2.45, 2.75) is 256 Å². The van der Waals surface area contributed by atoms with Crippen molar-refractivity contribution in [3.8, 4) is 0 Å². The van der Waals surface area contributed by atoms with Crippen molar-refractivity contribution < 1.29 is 51.8 Å². The highest BCUT2D eigenvalue weighted by molar-refractivity contribution is 7.80. The molecule has 60 heavy (non-hydrogen) atoms.